The molecule has 7 nitrogen and oxygen atoms in total. The molecule has 0 bridgehead atoms. The lowest BCUT2D eigenvalue weighted by molar-refractivity contribution is 0.0999. The van der Waals surface area contributed by atoms with Crippen molar-refractivity contribution >= 4 is 17.3 Å². The molecule has 2 aromatic heterocycles. The van der Waals surface area contributed by atoms with Gasteiger partial charge in [0.2, 0.25) is 5.91 Å². The number of nitrogens with two attached hydrogens (primary N) is 1. The van der Waals surface area contributed by atoms with Gasteiger partial charge in [-0.1, -0.05) is 19.9 Å². The predicted octanol–water partition coefficient (Wildman–Crippen LogP) is 4.80. The van der Waals surface area contributed by atoms with Gasteiger partial charge in [0.1, 0.15) is 17.2 Å². The molecule has 0 unspecified atom stereocenters. The number of pyridine rings is 2. The molecule has 0 atom stereocenters. The standard InChI is InChI=1S/C21H21N5O2.C2H6/c1-12-8-14(4-5-17(12)21(23)27)18-9-15(6-7-25-18)28-16-10-19(24-3)20(13(2)22)26-11-16;1-2/h4-11,22,24H,1-3H3,(H2,23,27);1-2H3. The van der Waals surface area contributed by atoms with Crippen molar-refractivity contribution in [3.05, 3.63) is 65.6 Å². The number of hydrogen-bond acceptors (Lipinski definition) is 6. The quantitative estimate of drug-likeness (QED) is 0.510. The first-order valence-corrected chi connectivity index (χ1v) is 9.67. The molecule has 0 radical (unpaired) electrons. The second-order valence-electron chi connectivity index (χ2n) is 6.31. The SMILES string of the molecule is CC.CNc1cc(Oc2ccnc(-c3ccc(C(N)=O)c(C)c3)c2)cnc1C(C)=N. The van der Waals surface area contributed by atoms with E-state index >= 15 is 0 Å². The van der Waals surface area contributed by atoms with Gasteiger partial charge in [0.05, 0.1) is 23.3 Å². The van der Waals surface area contributed by atoms with E-state index < -0.39 is 5.91 Å². The molecule has 0 aliphatic carbocycles. The molecule has 0 spiro atoms. The normalized spacial score (nSPS) is 9.90. The fraction of sp³-hybridized carbons (Fsp3) is 0.217. The summed E-state index contributed by atoms with van der Waals surface area (Å²) >= 11 is 0. The van der Waals surface area contributed by atoms with Crippen LogP contribution in [-0.2, 0) is 0 Å². The lowest BCUT2D eigenvalue weighted by Crippen LogP contribution is -2.12. The van der Waals surface area contributed by atoms with Crippen LogP contribution in [0.1, 0.15) is 42.4 Å². The van der Waals surface area contributed by atoms with Gasteiger partial charge in [0.15, 0.2) is 0 Å². The largest absolute Gasteiger partial charge is 0.456 e. The Hall–Kier alpha value is -3.74. The molecule has 156 valence electrons. The van der Waals surface area contributed by atoms with Gasteiger partial charge in [0, 0.05) is 36.5 Å². The molecule has 30 heavy (non-hydrogen) atoms. The highest BCUT2D eigenvalue weighted by atomic mass is 16.5. The van der Waals surface area contributed by atoms with Gasteiger partial charge in [-0.05, 0) is 37.6 Å². The number of nitrogens with one attached hydrogen (secondary N) is 2. The number of aromatic nitrogens is 2. The van der Waals surface area contributed by atoms with Crippen molar-refractivity contribution in [2.75, 3.05) is 12.4 Å². The summed E-state index contributed by atoms with van der Waals surface area (Å²) in [5.41, 5.74) is 9.89. The molecule has 0 fully saturated rings. The molecule has 3 aromatic rings. The third-order valence-electron chi connectivity index (χ3n) is 4.24. The second-order valence-corrected chi connectivity index (χ2v) is 6.31. The van der Waals surface area contributed by atoms with Crippen molar-refractivity contribution in [1.82, 2.24) is 9.97 Å². The lowest BCUT2D eigenvalue weighted by atomic mass is 10.0. The molecule has 0 aliphatic rings. The van der Waals surface area contributed by atoms with Crippen LogP contribution in [0.3, 0.4) is 0 Å². The van der Waals surface area contributed by atoms with Gasteiger partial charge >= 0.3 is 0 Å². The zero-order valence-electron chi connectivity index (χ0n) is 17.9. The minimum atomic E-state index is -0.453. The minimum absolute atomic E-state index is 0.372. The number of ether oxygens (including phenoxy) is 1. The van der Waals surface area contributed by atoms with Gasteiger partial charge in [-0.3, -0.25) is 9.78 Å². The van der Waals surface area contributed by atoms with Crippen molar-refractivity contribution in [3.8, 4) is 22.8 Å². The van der Waals surface area contributed by atoms with E-state index in [9.17, 15) is 4.79 Å². The van der Waals surface area contributed by atoms with E-state index in [1.165, 1.54) is 0 Å². The van der Waals surface area contributed by atoms with E-state index in [1.807, 2.05) is 39.0 Å². The number of benzene rings is 1. The highest BCUT2D eigenvalue weighted by Gasteiger charge is 2.10. The third-order valence-corrected chi connectivity index (χ3v) is 4.24. The Kier molecular flexibility index (Phi) is 7.63. The Morgan fingerprint density at radius 3 is 2.43 bits per heavy atom. The van der Waals surface area contributed by atoms with Crippen LogP contribution in [-0.4, -0.2) is 28.6 Å². The van der Waals surface area contributed by atoms with Crippen molar-refractivity contribution in [2.24, 2.45) is 5.73 Å². The Labute approximate surface area is 176 Å². The van der Waals surface area contributed by atoms with Crippen LogP contribution >= 0.6 is 0 Å². The number of carbonyl (C=O) groups is 1. The predicted molar refractivity (Wildman–Crippen MR) is 121 cm³/mol. The molecule has 2 heterocycles. The Bertz CT molecular complexity index is 1060. The minimum Gasteiger partial charge on any atom is -0.456 e. The average Bonchev–Trinajstić information content (AvgIpc) is 2.74. The van der Waals surface area contributed by atoms with Crippen LogP contribution in [0, 0.1) is 12.3 Å². The van der Waals surface area contributed by atoms with Crippen molar-refractivity contribution < 1.29 is 9.53 Å². The zero-order valence-corrected chi connectivity index (χ0v) is 17.9. The highest BCUT2D eigenvalue weighted by molar-refractivity contribution is 5.99. The molecule has 4 N–H and O–H groups in total. The first-order valence-electron chi connectivity index (χ1n) is 9.67. The summed E-state index contributed by atoms with van der Waals surface area (Å²) in [6.45, 7) is 7.52. The lowest BCUT2D eigenvalue weighted by Gasteiger charge is -2.11. The van der Waals surface area contributed by atoms with E-state index in [1.54, 1.807) is 44.6 Å². The van der Waals surface area contributed by atoms with Crippen molar-refractivity contribution in [3.63, 3.8) is 0 Å². The number of rotatable bonds is 6. The molecule has 1 aromatic carbocycles. The Morgan fingerprint density at radius 1 is 1.10 bits per heavy atom. The summed E-state index contributed by atoms with van der Waals surface area (Å²) in [4.78, 5) is 20.1. The molecule has 1 amide bonds. The molecule has 7 heteroatoms. The topological polar surface area (TPSA) is 114 Å². The first kappa shape index (κ1) is 22.5. The van der Waals surface area contributed by atoms with Crippen LogP contribution in [0.15, 0.2) is 48.8 Å². The van der Waals surface area contributed by atoms with Gasteiger partial charge in [-0.2, -0.15) is 0 Å². The fourth-order valence-corrected chi connectivity index (χ4v) is 2.86. The van der Waals surface area contributed by atoms with Crippen LogP contribution < -0.4 is 15.8 Å². The van der Waals surface area contributed by atoms with E-state index in [0.717, 1.165) is 16.8 Å². The number of primary amides is 1. The van der Waals surface area contributed by atoms with Crippen LogP contribution in [0.25, 0.3) is 11.3 Å². The zero-order chi connectivity index (χ0) is 22.3. The van der Waals surface area contributed by atoms with Crippen LogP contribution in [0.2, 0.25) is 0 Å². The van der Waals surface area contributed by atoms with Crippen molar-refractivity contribution in [1.29, 1.82) is 5.41 Å². The monoisotopic (exact) mass is 405 g/mol. The van der Waals surface area contributed by atoms with Crippen molar-refractivity contribution in [2.45, 2.75) is 27.7 Å². The molecule has 0 aliphatic heterocycles. The number of carbonyl (C=O) groups excluding carboxylic acids is 1. The number of amides is 1. The summed E-state index contributed by atoms with van der Waals surface area (Å²) in [5, 5.41) is 10.8. The molecular formula is C23H27N5O2. The van der Waals surface area contributed by atoms with Gasteiger partial charge < -0.3 is 21.2 Å². The number of nitrogens with zero attached hydrogens (tertiary/aromatic N) is 2. The maximum atomic E-state index is 11.4. The maximum Gasteiger partial charge on any atom is 0.248 e. The number of anilines is 1. The Morgan fingerprint density at radius 2 is 1.83 bits per heavy atom. The number of aryl methyl sites for hydroxylation is 1. The summed E-state index contributed by atoms with van der Waals surface area (Å²) < 4.78 is 5.92. The Balaban J connectivity index is 0.00000155. The van der Waals surface area contributed by atoms with E-state index in [-0.39, 0.29) is 0 Å². The average molecular weight is 406 g/mol. The molecule has 3 rings (SSSR count). The van der Waals surface area contributed by atoms with Crippen LogP contribution in [0.5, 0.6) is 11.5 Å². The molecular weight excluding hydrogens is 378 g/mol. The summed E-state index contributed by atoms with van der Waals surface area (Å²) in [7, 11) is 1.77. The maximum absolute atomic E-state index is 11.4. The molecule has 0 saturated heterocycles. The summed E-state index contributed by atoms with van der Waals surface area (Å²) in [5.74, 6) is 0.696. The first-order chi connectivity index (χ1) is 14.4. The summed E-state index contributed by atoms with van der Waals surface area (Å²) in [6.07, 6.45) is 3.24. The van der Waals surface area contributed by atoms with Gasteiger partial charge in [-0.25, -0.2) is 4.98 Å². The molecule has 0 saturated carbocycles. The fourth-order valence-electron chi connectivity index (χ4n) is 2.86. The van der Waals surface area contributed by atoms with E-state index in [4.69, 9.17) is 15.9 Å². The smallest absolute Gasteiger partial charge is 0.248 e. The van der Waals surface area contributed by atoms with Gasteiger partial charge in [-0.15, -0.1) is 0 Å². The van der Waals surface area contributed by atoms with E-state index in [2.05, 4.69) is 15.3 Å². The second kappa shape index (κ2) is 10.2. The third kappa shape index (κ3) is 5.20. The number of hydrogen-bond donors (Lipinski definition) is 3. The van der Waals surface area contributed by atoms with Crippen LogP contribution in [0.4, 0.5) is 5.69 Å². The highest BCUT2D eigenvalue weighted by Crippen LogP contribution is 2.28. The van der Waals surface area contributed by atoms with Gasteiger partial charge in [0.25, 0.3) is 0 Å². The summed E-state index contributed by atoms with van der Waals surface area (Å²) in [6, 6.07) is 10.7. The van der Waals surface area contributed by atoms with E-state index in [0.29, 0.717) is 34.2 Å².